The van der Waals surface area contributed by atoms with Crippen LogP contribution in [0.4, 0.5) is 0 Å². The Kier molecular flexibility index (Phi) is 5.78. The molecule has 0 amide bonds. The summed E-state index contributed by atoms with van der Waals surface area (Å²) in [6.45, 7) is 6.99. The molecular formula is C24H28ClNO4. The molecule has 0 bridgehead atoms. The molecule has 1 N–H and O–H groups in total. The average Bonchev–Trinajstić information content (AvgIpc) is 3.17. The minimum atomic E-state index is -0.486. The molecule has 0 radical (unpaired) electrons. The van der Waals surface area contributed by atoms with E-state index in [0.717, 1.165) is 36.2 Å². The number of dihydropyridines is 1. The number of carbonyl (C=O) groups excluding carboxylic acids is 2. The maximum absolute atomic E-state index is 13.2. The molecule has 2 heterocycles. The number of ether oxygens (including phenoxy) is 2. The summed E-state index contributed by atoms with van der Waals surface area (Å²) in [4.78, 5) is 26.4. The molecule has 5 nitrogen and oxygen atoms in total. The van der Waals surface area contributed by atoms with Gasteiger partial charge < -0.3 is 14.8 Å². The lowest BCUT2D eigenvalue weighted by atomic mass is 9.68. The van der Waals surface area contributed by atoms with Gasteiger partial charge in [-0.1, -0.05) is 37.6 Å². The molecule has 0 spiro atoms. The number of rotatable bonds is 4. The van der Waals surface area contributed by atoms with Crippen LogP contribution in [0.3, 0.4) is 0 Å². The summed E-state index contributed by atoms with van der Waals surface area (Å²) in [6.07, 6.45) is 3.02. The average molecular weight is 430 g/mol. The fourth-order valence-corrected chi connectivity index (χ4v) is 4.95. The van der Waals surface area contributed by atoms with Crippen LogP contribution in [-0.2, 0) is 19.1 Å². The van der Waals surface area contributed by atoms with Crippen molar-refractivity contribution in [2.75, 3.05) is 13.2 Å². The van der Waals surface area contributed by atoms with Crippen LogP contribution in [0, 0.1) is 5.41 Å². The van der Waals surface area contributed by atoms with E-state index in [1.54, 1.807) is 6.07 Å². The van der Waals surface area contributed by atoms with E-state index in [0.29, 0.717) is 29.2 Å². The molecule has 1 saturated heterocycles. The second-order valence-corrected chi connectivity index (χ2v) is 9.65. The zero-order valence-corrected chi connectivity index (χ0v) is 18.5. The van der Waals surface area contributed by atoms with Gasteiger partial charge in [-0.25, -0.2) is 4.79 Å². The predicted molar refractivity (Wildman–Crippen MR) is 115 cm³/mol. The van der Waals surface area contributed by atoms with Crippen molar-refractivity contribution in [3.05, 3.63) is 57.4 Å². The second kappa shape index (κ2) is 8.20. The van der Waals surface area contributed by atoms with Gasteiger partial charge in [0.15, 0.2) is 5.78 Å². The Morgan fingerprint density at radius 3 is 2.83 bits per heavy atom. The Morgan fingerprint density at radius 2 is 2.13 bits per heavy atom. The van der Waals surface area contributed by atoms with Gasteiger partial charge in [0, 0.05) is 40.9 Å². The fourth-order valence-electron chi connectivity index (χ4n) is 4.75. The minimum Gasteiger partial charge on any atom is -0.459 e. The van der Waals surface area contributed by atoms with E-state index in [1.165, 1.54) is 0 Å². The van der Waals surface area contributed by atoms with Crippen LogP contribution in [0.2, 0.25) is 5.02 Å². The summed E-state index contributed by atoms with van der Waals surface area (Å²) in [5, 5.41) is 3.92. The Labute approximate surface area is 182 Å². The third kappa shape index (κ3) is 4.19. The topological polar surface area (TPSA) is 64.6 Å². The van der Waals surface area contributed by atoms with E-state index in [2.05, 4.69) is 19.2 Å². The van der Waals surface area contributed by atoms with Crippen LogP contribution in [0.25, 0.3) is 0 Å². The van der Waals surface area contributed by atoms with E-state index < -0.39 is 11.9 Å². The maximum Gasteiger partial charge on any atom is 0.336 e. The van der Waals surface area contributed by atoms with Crippen molar-refractivity contribution >= 4 is 23.4 Å². The molecule has 2 aliphatic heterocycles. The van der Waals surface area contributed by atoms with Crippen molar-refractivity contribution in [1.29, 1.82) is 0 Å². The number of benzene rings is 1. The normalized spacial score (nSPS) is 25.8. The van der Waals surface area contributed by atoms with Gasteiger partial charge in [-0.2, -0.15) is 0 Å². The molecule has 1 aliphatic carbocycles. The fraction of sp³-hybridized carbons (Fsp3) is 0.500. The molecule has 1 aromatic rings. The summed E-state index contributed by atoms with van der Waals surface area (Å²) in [6, 6.07) is 7.39. The molecule has 3 aliphatic rings. The van der Waals surface area contributed by atoms with Gasteiger partial charge in [-0.3, -0.25) is 4.79 Å². The van der Waals surface area contributed by atoms with Gasteiger partial charge in [0.25, 0.3) is 0 Å². The quantitative estimate of drug-likeness (QED) is 0.705. The van der Waals surface area contributed by atoms with Crippen molar-refractivity contribution in [2.24, 2.45) is 5.41 Å². The number of ketones is 1. The van der Waals surface area contributed by atoms with E-state index in [-0.39, 0.29) is 23.9 Å². The molecular weight excluding hydrogens is 402 g/mol. The molecule has 2 atom stereocenters. The van der Waals surface area contributed by atoms with Gasteiger partial charge in [0.1, 0.15) is 6.61 Å². The van der Waals surface area contributed by atoms with Crippen molar-refractivity contribution < 1.29 is 19.1 Å². The van der Waals surface area contributed by atoms with Gasteiger partial charge in [-0.15, -0.1) is 0 Å². The third-order valence-corrected chi connectivity index (χ3v) is 6.30. The number of hydrogen-bond donors (Lipinski definition) is 1. The Balaban J connectivity index is 1.72. The van der Waals surface area contributed by atoms with Gasteiger partial charge in [0.2, 0.25) is 0 Å². The first kappa shape index (κ1) is 21.1. The lowest BCUT2D eigenvalue weighted by Crippen LogP contribution is -2.39. The highest BCUT2D eigenvalue weighted by Crippen LogP contribution is 2.47. The Hall–Kier alpha value is -2.11. The minimum absolute atomic E-state index is 0.0529. The summed E-state index contributed by atoms with van der Waals surface area (Å²) < 4.78 is 11.2. The van der Waals surface area contributed by atoms with Crippen LogP contribution in [0.5, 0.6) is 0 Å². The van der Waals surface area contributed by atoms with Crippen LogP contribution in [-0.4, -0.2) is 31.1 Å². The summed E-state index contributed by atoms with van der Waals surface area (Å²) in [5.41, 5.74) is 3.46. The number of carbonyl (C=O) groups is 2. The monoisotopic (exact) mass is 429 g/mol. The van der Waals surface area contributed by atoms with Crippen molar-refractivity contribution in [3.63, 3.8) is 0 Å². The number of esters is 1. The van der Waals surface area contributed by atoms with Gasteiger partial charge in [-0.05, 0) is 49.3 Å². The highest BCUT2D eigenvalue weighted by molar-refractivity contribution is 6.30. The van der Waals surface area contributed by atoms with Crippen LogP contribution >= 0.6 is 11.6 Å². The molecule has 30 heavy (non-hydrogen) atoms. The molecule has 0 saturated carbocycles. The number of allylic oxidation sites excluding steroid dienone is 3. The zero-order chi connectivity index (χ0) is 21.5. The molecule has 0 aromatic heterocycles. The van der Waals surface area contributed by atoms with E-state index >= 15 is 0 Å². The van der Waals surface area contributed by atoms with E-state index in [1.807, 2.05) is 25.1 Å². The zero-order valence-electron chi connectivity index (χ0n) is 17.7. The molecule has 1 aromatic carbocycles. The van der Waals surface area contributed by atoms with Crippen molar-refractivity contribution in [2.45, 2.75) is 58.5 Å². The van der Waals surface area contributed by atoms with E-state index in [4.69, 9.17) is 21.1 Å². The largest absolute Gasteiger partial charge is 0.459 e. The first-order valence-corrected chi connectivity index (χ1v) is 10.9. The number of Topliss-reactive ketones (excluding diaryl/α,β-unsaturated/α-hetero) is 1. The highest BCUT2D eigenvalue weighted by atomic mass is 35.5. The molecule has 4 rings (SSSR count). The summed E-state index contributed by atoms with van der Waals surface area (Å²) >= 11 is 6.27. The van der Waals surface area contributed by atoms with Crippen LogP contribution in [0.15, 0.2) is 46.8 Å². The summed E-state index contributed by atoms with van der Waals surface area (Å²) in [7, 11) is 0. The first-order chi connectivity index (χ1) is 14.2. The van der Waals surface area contributed by atoms with Crippen molar-refractivity contribution in [1.82, 2.24) is 5.32 Å². The maximum atomic E-state index is 13.2. The molecule has 1 fully saturated rings. The predicted octanol–water partition coefficient (Wildman–Crippen LogP) is 4.67. The lowest BCUT2D eigenvalue weighted by molar-refractivity contribution is -0.142. The van der Waals surface area contributed by atoms with Crippen LogP contribution in [0.1, 0.15) is 57.9 Å². The molecule has 6 heteroatoms. The number of halogens is 1. The first-order valence-electron chi connectivity index (χ1n) is 10.5. The lowest BCUT2D eigenvalue weighted by Gasteiger charge is -2.39. The van der Waals surface area contributed by atoms with Gasteiger partial charge in [0.05, 0.1) is 11.7 Å². The smallest absolute Gasteiger partial charge is 0.336 e. The Morgan fingerprint density at radius 1 is 1.33 bits per heavy atom. The van der Waals surface area contributed by atoms with Crippen LogP contribution < -0.4 is 5.32 Å². The second-order valence-electron chi connectivity index (χ2n) is 9.22. The Bertz CT molecular complexity index is 940. The third-order valence-electron chi connectivity index (χ3n) is 6.07. The standard InChI is InChI=1S/C24H28ClNO4/c1-14-20(23(28)30-13-17-8-5-9-29-17)21(15-6-4-7-16(25)10-15)22-18(26-14)11-24(2,3)12-19(22)27/h4,6-7,10,17,21,26H,5,8-9,11-13H2,1-3H3/t17-,21+/m1/s1. The summed E-state index contributed by atoms with van der Waals surface area (Å²) in [5.74, 6) is -0.833. The molecule has 0 unspecified atom stereocenters. The number of hydrogen-bond acceptors (Lipinski definition) is 5. The SMILES string of the molecule is CC1=C(C(=O)OC[C@H]2CCCO2)[C@H](c2cccc(Cl)c2)C2=C(CC(C)(C)CC2=O)N1. The highest BCUT2D eigenvalue weighted by Gasteiger charge is 2.43. The van der Waals surface area contributed by atoms with Crippen molar-refractivity contribution in [3.8, 4) is 0 Å². The molecule has 160 valence electrons. The van der Waals surface area contributed by atoms with E-state index in [9.17, 15) is 9.59 Å². The van der Waals surface area contributed by atoms with Gasteiger partial charge >= 0.3 is 5.97 Å². The number of nitrogens with one attached hydrogen (secondary N) is 1.